The first kappa shape index (κ1) is 19.1. The highest BCUT2D eigenvalue weighted by Gasteiger charge is 2.42. The number of hydrogen-bond donors (Lipinski definition) is 2. The van der Waals surface area contributed by atoms with Gasteiger partial charge < -0.3 is 10.4 Å². The lowest BCUT2D eigenvalue weighted by atomic mass is 10.1. The number of nitrogens with one attached hydrogen (secondary N) is 1. The standard InChI is InChI=1S/C20H24N2O5/c23-17(21-13-7-3-1-2-4-8-13)12-11-16(20(26)27)22-18(24)14-9-5-6-10-15(14)19(22)25/h5-6,9-10,13,16H,1-4,7-8,11-12H2,(H,21,23)(H,26,27)/t16-/m0/s1. The van der Waals surface area contributed by atoms with Crippen LogP contribution in [0.4, 0.5) is 0 Å². The maximum atomic E-state index is 12.5. The van der Waals surface area contributed by atoms with Crippen LogP contribution in [0.1, 0.15) is 72.1 Å². The van der Waals surface area contributed by atoms with Crippen molar-refractivity contribution >= 4 is 23.7 Å². The van der Waals surface area contributed by atoms with Crippen molar-refractivity contribution in [1.82, 2.24) is 10.2 Å². The smallest absolute Gasteiger partial charge is 0.326 e. The summed E-state index contributed by atoms with van der Waals surface area (Å²) in [6, 6.07) is 5.05. The molecule has 0 bridgehead atoms. The SMILES string of the molecule is O=C(CC[C@@H](C(=O)O)N1C(=O)c2ccccc2C1=O)NC1CCCCCC1. The molecule has 0 spiro atoms. The minimum atomic E-state index is -1.35. The molecule has 1 fully saturated rings. The number of carboxylic acids is 1. The Kier molecular flexibility index (Phi) is 5.88. The van der Waals surface area contributed by atoms with Gasteiger partial charge in [-0.15, -0.1) is 0 Å². The number of carbonyl (C=O) groups is 4. The highest BCUT2D eigenvalue weighted by Crippen LogP contribution is 2.26. The molecule has 7 nitrogen and oxygen atoms in total. The van der Waals surface area contributed by atoms with E-state index in [1.165, 1.54) is 25.0 Å². The fourth-order valence-electron chi connectivity index (χ4n) is 3.85. The van der Waals surface area contributed by atoms with E-state index in [2.05, 4.69) is 5.32 Å². The van der Waals surface area contributed by atoms with E-state index < -0.39 is 23.8 Å². The number of nitrogens with zero attached hydrogens (tertiary/aromatic N) is 1. The third-order valence-corrected chi connectivity index (χ3v) is 5.29. The fraction of sp³-hybridized carbons (Fsp3) is 0.500. The van der Waals surface area contributed by atoms with E-state index in [1.54, 1.807) is 12.1 Å². The van der Waals surface area contributed by atoms with Gasteiger partial charge in [-0.1, -0.05) is 37.8 Å². The number of aliphatic carboxylic acids is 1. The van der Waals surface area contributed by atoms with Crippen molar-refractivity contribution in [2.24, 2.45) is 0 Å². The zero-order valence-electron chi connectivity index (χ0n) is 15.1. The van der Waals surface area contributed by atoms with Gasteiger partial charge >= 0.3 is 5.97 Å². The summed E-state index contributed by atoms with van der Waals surface area (Å²) in [6.07, 6.45) is 6.25. The Morgan fingerprint density at radius 2 is 1.59 bits per heavy atom. The molecule has 1 aliphatic heterocycles. The van der Waals surface area contributed by atoms with Crippen LogP contribution in [0.25, 0.3) is 0 Å². The van der Waals surface area contributed by atoms with Crippen molar-refractivity contribution in [3.8, 4) is 0 Å². The van der Waals surface area contributed by atoms with Crippen LogP contribution < -0.4 is 5.32 Å². The third kappa shape index (κ3) is 4.18. The van der Waals surface area contributed by atoms with E-state index in [-0.39, 0.29) is 35.9 Å². The lowest BCUT2D eigenvalue weighted by Crippen LogP contribution is -2.45. The zero-order chi connectivity index (χ0) is 19.4. The van der Waals surface area contributed by atoms with Crippen molar-refractivity contribution in [2.45, 2.75) is 63.5 Å². The highest BCUT2D eigenvalue weighted by molar-refractivity contribution is 6.22. The second-order valence-electron chi connectivity index (χ2n) is 7.17. The van der Waals surface area contributed by atoms with Crippen molar-refractivity contribution in [2.75, 3.05) is 0 Å². The Morgan fingerprint density at radius 3 is 2.11 bits per heavy atom. The lowest BCUT2D eigenvalue weighted by molar-refractivity contribution is -0.142. The van der Waals surface area contributed by atoms with E-state index in [0.29, 0.717) is 0 Å². The van der Waals surface area contributed by atoms with Crippen LogP contribution in [-0.4, -0.2) is 45.8 Å². The van der Waals surface area contributed by atoms with Crippen LogP contribution in [-0.2, 0) is 9.59 Å². The Balaban J connectivity index is 1.63. The van der Waals surface area contributed by atoms with Gasteiger partial charge in [-0.2, -0.15) is 0 Å². The number of imide groups is 1. The molecule has 1 atom stereocenters. The summed E-state index contributed by atoms with van der Waals surface area (Å²) in [6.45, 7) is 0. The van der Waals surface area contributed by atoms with Crippen LogP contribution in [0, 0.1) is 0 Å². The predicted molar refractivity (Wildman–Crippen MR) is 97.2 cm³/mol. The van der Waals surface area contributed by atoms with Crippen LogP contribution >= 0.6 is 0 Å². The van der Waals surface area contributed by atoms with Crippen molar-refractivity contribution in [3.05, 3.63) is 35.4 Å². The molecule has 2 aliphatic rings. The molecule has 1 aromatic rings. The van der Waals surface area contributed by atoms with E-state index in [1.807, 2.05) is 0 Å². The average Bonchev–Trinajstić information content (AvgIpc) is 2.82. The Bertz CT molecular complexity index is 717. The van der Waals surface area contributed by atoms with Gasteiger partial charge in [-0.25, -0.2) is 4.79 Å². The molecule has 1 saturated carbocycles. The minimum Gasteiger partial charge on any atom is -0.480 e. The predicted octanol–water partition coefficient (Wildman–Crippen LogP) is 2.35. The fourth-order valence-corrected chi connectivity index (χ4v) is 3.85. The molecule has 27 heavy (non-hydrogen) atoms. The molecule has 1 aromatic carbocycles. The van der Waals surface area contributed by atoms with Gasteiger partial charge in [-0.05, 0) is 31.4 Å². The molecular weight excluding hydrogens is 348 g/mol. The zero-order valence-corrected chi connectivity index (χ0v) is 15.1. The van der Waals surface area contributed by atoms with Gasteiger partial charge in [0.15, 0.2) is 0 Å². The lowest BCUT2D eigenvalue weighted by Gasteiger charge is -2.23. The summed E-state index contributed by atoms with van der Waals surface area (Å²) in [4.78, 5) is 49.7. The van der Waals surface area contributed by atoms with Gasteiger partial charge in [0.2, 0.25) is 5.91 Å². The van der Waals surface area contributed by atoms with E-state index in [9.17, 15) is 24.3 Å². The van der Waals surface area contributed by atoms with Gasteiger partial charge in [-0.3, -0.25) is 19.3 Å². The number of rotatable bonds is 6. The van der Waals surface area contributed by atoms with Crippen LogP contribution in [0.15, 0.2) is 24.3 Å². The monoisotopic (exact) mass is 372 g/mol. The Labute approximate surface area is 157 Å². The largest absolute Gasteiger partial charge is 0.480 e. The molecule has 144 valence electrons. The molecule has 7 heteroatoms. The Hall–Kier alpha value is -2.70. The van der Waals surface area contributed by atoms with E-state index in [4.69, 9.17) is 0 Å². The van der Waals surface area contributed by atoms with Crippen molar-refractivity contribution in [1.29, 1.82) is 0 Å². The summed E-state index contributed by atoms with van der Waals surface area (Å²) >= 11 is 0. The Morgan fingerprint density at radius 1 is 1.04 bits per heavy atom. The number of benzene rings is 1. The first-order valence-corrected chi connectivity index (χ1v) is 9.48. The maximum Gasteiger partial charge on any atom is 0.326 e. The molecule has 0 saturated heterocycles. The van der Waals surface area contributed by atoms with Crippen molar-refractivity contribution in [3.63, 3.8) is 0 Å². The third-order valence-electron chi connectivity index (χ3n) is 5.29. The summed E-state index contributed by atoms with van der Waals surface area (Å²) < 4.78 is 0. The molecule has 0 radical (unpaired) electrons. The van der Waals surface area contributed by atoms with Gasteiger partial charge in [0, 0.05) is 12.5 Å². The molecule has 1 heterocycles. The molecule has 0 aromatic heterocycles. The topological polar surface area (TPSA) is 104 Å². The first-order valence-electron chi connectivity index (χ1n) is 9.48. The van der Waals surface area contributed by atoms with Gasteiger partial charge in [0.05, 0.1) is 11.1 Å². The van der Waals surface area contributed by atoms with Crippen molar-refractivity contribution < 1.29 is 24.3 Å². The maximum absolute atomic E-state index is 12.5. The summed E-state index contributed by atoms with van der Waals surface area (Å²) in [5, 5.41) is 12.5. The molecule has 1 aliphatic carbocycles. The van der Waals surface area contributed by atoms with Crippen LogP contribution in [0.2, 0.25) is 0 Å². The average molecular weight is 372 g/mol. The van der Waals surface area contributed by atoms with E-state index in [0.717, 1.165) is 30.6 Å². The molecule has 3 rings (SSSR count). The second-order valence-corrected chi connectivity index (χ2v) is 7.17. The molecule has 2 N–H and O–H groups in total. The second kappa shape index (κ2) is 8.33. The quantitative estimate of drug-likeness (QED) is 0.589. The number of fused-ring (bicyclic) bond motifs is 1. The van der Waals surface area contributed by atoms with Gasteiger partial charge in [0.25, 0.3) is 11.8 Å². The summed E-state index contributed by atoms with van der Waals surface area (Å²) in [7, 11) is 0. The summed E-state index contributed by atoms with van der Waals surface area (Å²) in [5.74, 6) is -2.75. The normalized spacial score (nSPS) is 18.7. The molecular formula is C20H24N2O5. The molecule has 3 amide bonds. The van der Waals surface area contributed by atoms with E-state index >= 15 is 0 Å². The highest BCUT2D eigenvalue weighted by atomic mass is 16.4. The number of carboxylic acid groups (broad SMARTS) is 1. The van der Waals surface area contributed by atoms with Gasteiger partial charge in [0.1, 0.15) is 6.04 Å². The molecule has 0 unspecified atom stereocenters. The summed E-state index contributed by atoms with van der Waals surface area (Å²) in [5.41, 5.74) is 0.410. The van der Waals surface area contributed by atoms with Crippen LogP contribution in [0.5, 0.6) is 0 Å². The minimum absolute atomic E-state index is 0.0408. The first-order chi connectivity index (χ1) is 13.0. The number of carbonyl (C=O) groups excluding carboxylic acids is 3. The number of amides is 3. The number of hydrogen-bond acceptors (Lipinski definition) is 4. The van der Waals surface area contributed by atoms with Crippen LogP contribution in [0.3, 0.4) is 0 Å².